The number of thioether (sulfide) groups is 1. The minimum Gasteiger partial charge on any atom is -0.373 e. The van der Waals surface area contributed by atoms with Gasteiger partial charge in [0.05, 0.1) is 0 Å². The van der Waals surface area contributed by atoms with Crippen LogP contribution < -0.4 is 10.2 Å². The van der Waals surface area contributed by atoms with Crippen LogP contribution in [0.5, 0.6) is 0 Å². The van der Waals surface area contributed by atoms with E-state index in [0.29, 0.717) is 11.2 Å². The van der Waals surface area contributed by atoms with Gasteiger partial charge < -0.3 is 10.2 Å². The van der Waals surface area contributed by atoms with Gasteiger partial charge in [-0.1, -0.05) is 20.8 Å². The second-order valence-electron chi connectivity index (χ2n) is 4.99. The van der Waals surface area contributed by atoms with Crippen molar-refractivity contribution in [2.24, 2.45) is 0 Å². The van der Waals surface area contributed by atoms with Crippen LogP contribution in [0, 0.1) is 0 Å². The van der Waals surface area contributed by atoms with Crippen LogP contribution in [0.25, 0.3) is 0 Å². The zero-order valence-electron chi connectivity index (χ0n) is 11.6. The monoisotopic (exact) mass is 266 g/mol. The summed E-state index contributed by atoms with van der Waals surface area (Å²) in [5, 5.41) is 3.86. The third kappa shape index (κ3) is 2.71. The van der Waals surface area contributed by atoms with E-state index in [1.165, 1.54) is 11.3 Å². The maximum Gasteiger partial charge on any atom is 0.137 e. The van der Waals surface area contributed by atoms with Gasteiger partial charge in [-0.2, -0.15) is 11.8 Å². The molecule has 100 valence electrons. The highest BCUT2D eigenvalue weighted by atomic mass is 32.2. The second kappa shape index (κ2) is 5.78. The molecule has 0 aliphatic carbocycles. The Morgan fingerprint density at radius 3 is 2.83 bits per heavy atom. The lowest BCUT2D eigenvalue weighted by molar-refractivity contribution is 0.745. The van der Waals surface area contributed by atoms with Crippen molar-refractivity contribution in [3.05, 3.63) is 11.9 Å². The third-order valence-corrected chi connectivity index (χ3v) is 4.35. The van der Waals surface area contributed by atoms with Gasteiger partial charge in [-0.25, -0.2) is 9.97 Å². The Morgan fingerprint density at radius 1 is 1.44 bits per heavy atom. The Bertz CT molecular complexity index is 408. The Morgan fingerprint density at radius 2 is 2.22 bits per heavy atom. The molecule has 5 heteroatoms. The fourth-order valence-corrected chi connectivity index (χ4v) is 3.39. The smallest absolute Gasteiger partial charge is 0.137 e. The lowest BCUT2D eigenvalue weighted by Gasteiger charge is -2.33. The molecule has 1 fully saturated rings. The number of aromatic nitrogens is 2. The highest BCUT2D eigenvalue weighted by Gasteiger charge is 2.23. The first-order valence-corrected chi connectivity index (χ1v) is 7.57. The van der Waals surface area contributed by atoms with E-state index in [2.05, 4.69) is 41.0 Å². The first-order valence-electron chi connectivity index (χ1n) is 6.52. The highest BCUT2D eigenvalue weighted by Crippen LogP contribution is 2.32. The average molecular weight is 266 g/mol. The van der Waals surface area contributed by atoms with E-state index >= 15 is 0 Å². The van der Waals surface area contributed by atoms with E-state index in [0.717, 1.165) is 24.7 Å². The van der Waals surface area contributed by atoms with E-state index in [-0.39, 0.29) is 0 Å². The van der Waals surface area contributed by atoms with Gasteiger partial charge in [0.1, 0.15) is 18.0 Å². The quantitative estimate of drug-likeness (QED) is 0.910. The van der Waals surface area contributed by atoms with Crippen molar-refractivity contribution in [1.82, 2.24) is 9.97 Å². The number of nitrogens with zero attached hydrogens (tertiary/aromatic N) is 3. The predicted octanol–water partition coefficient (Wildman–Crippen LogP) is 2.58. The Labute approximate surface area is 114 Å². The number of nitrogens with one attached hydrogen (secondary N) is 1. The summed E-state index contributed by atoms with van der Waals surface area (Å²) in [5.41, 5.74) is 1.24. The molecule has 1 aliphatic heterocycles. The molecule has 0 aromatic carbocycles. The Kier molecular flexibility index (Phi) is 4.32. The number of hydrogen-bond donors (Lipinski definition) is 1. The maximum atomic E-state index is 4.53. The standard InChI is InChI=1S/C13H22N4S/c1-9(2)11-12(14-4)15-8-16-13(11)17-5-6-18-10(3)7-17/h8-10H,5-7H2,1-4H3,(H,14,15,16). The molecule has 0 spiro atoms. The van der Waals surface area contributed by atoms with Crippen LogP contribution in [-0.4, -0.2) is 41.1 Å². The molecule has 1 N–H and O–H groups in total. The van der Waals surface area contributed by atoms with Crippen molar-refractivity contribution in [2.75, 3.05) is 36.1 Å². The second-order valence-corrected chi connectivity index (χ2v) is 6.54. The summed E-state index contributed by atoms with van der Waals surface area (Å²) in [7, 11) is 1.92. The molecule has 4 nitrogen and oxygen atoms in total. The fourth-order valence-electron chi connectivity index (χ4n) is 2.38. The molecular weight excluding hydrogens is 244 g/mol. The largest absolute Gasteiger partial charge is 0.373 e. The van der Waals surface area contributed by atoms with Crippen LogP contribution in [0.15, 0.2) is 6.33 Å². The van der Waals surface area contributed by atoms with Crippen molar-refractivity contribution in [1.29, 1.82) is 0 Å². The van der Waals surface area contributed by atoms with Crippen LogP contribution in [0.3, 0.4) is 0 Å². The summed E-state index contributed by atoms with van der Waals surface area (Å²) >= 11 is 2.04. The summed E-state index contributed by atoms with van der Waals surface area (Å²) in [5.74, 6) is 3.67. The number of hydrogen-bond acceptors (Lipinski definition) is 5. The molecule has 18 heavy (non-hydrogen) atoms. The summed E-state index contributed by atoms with van der Waals surface area (Å²) in [6.07, 6.45) is 1.67. The first-order chi connectivity index (χ1) is 8.63. The molecule has 2 rings (SSSR count). The highest BCUT2D eigenvalue weighted by molar-refractivity contribution is 8.00. The third-order valence-electron chi connectivity index (χ3n) is 3.22. The van der Waals surface area contributed by atoms with E-state index in [1.807, 2.05) is 18.8 Å². The van der Waals surface area contributed by atoms with Crippen molar-refractivity contribution in [3.8, 4) is 0 Å². The number of anilines is 2. The zero-order valence-corrected chi connectivity index (χ0v) is 12.4. The van der Waals surface area contributed by atoms with Crippen LogP contribution in [0.4, 0.5) is 11.6 Å². The Hall–Kier alpha value is -0.970. The maximum absolute atomic E-state index is 4.53. The van der Waals surface area contributed by atoms with Gasteiger partial charge in [0.15, 0.2) is 0 Å². The molecule has 1 atom stereocenters. The van der Waals surface area contributed by atoms with Crippen LogP contribution in [0.1, 0.15) is 32.3 Å². The lowest BCUT2D eigenvalue weighted by Crippen LogP contribution is -2.38. The lowest BCUT2D eigenvalue weighted by atomic mass is 10.0. The van der Waals surface area contributed by atoms with Gasteiger partial charge in [-0.15, -0.1) is 0 Å². The minimum absolute atomic E-state index is 0.425. The van der Waals surface area contributed by atoms with E-state index < -0.39 is 0 Å². The van der Waals surface area contributed by atoms with Crippen molar-refractivity contribution >= 4 is 23.4 Å². The summed E-state index contributed by atoms with van der Waals surface area (Å²) < 4.78 is 0. The van der Waals surface area contributed by atoms with Crippen molar-refractivity contribution in [2.45, 2.75) is 31.9 Å². The number of rotatable bonds is 3. The summed E-state index contributed by atoms with van der Waals surface area (Å²) in [6.45, 7) is 8.84. The van der Waals surface area contributed by atoms with Gasteiger partial charge in [-0.3, -0.25) is 0 Å². The molecule has 0 radical (unpaired) electrons. The fraction of sp³-hybridized carbons (Fsp3) is 0.692. The van der Waals surface area contributed by atoms with Gasteiger partial charge in [-0.05, 0) is 5.92 Å². The summed E-state index contributed by atoms with van der Waals surface area (Å²) in [6, 6.07) is 0. The molecule has 1 aliphatic rings. The molecule has 1 aromatic rings. The molecule has 0 saturated carbocycles. The summed E-state index contributed by atoms with van der Waals surface area (Å²) in [4.78, 5) is 11.3. The average Bonchev–Trinajstić information content (AvgIpc) is 2.37. The van der Waals surface area contributed by atoms with Crippen LogP contribution in [-0.2, 0) is 0 Å². The van der Waals surface area contributed by atoms with Gasteiger partial charge in [0.25, 0.3) is 0 Å². The van der Waals surface area contributed by atoms with Gasteiger partial charge >= 0.3 is 0 Å². The van der Waals surface area contributed by atoms with E-state index in [1.54, 1.807) is 6.33 Å². The predicted molar refractivity (Wildman–Crippen MR) is 79.8 cm³/mol. The Balaban J connectivity index is 2.36. The van der Waals surface area contributed by atoms with Crippen molar-refractivity contribution in [3.63, 3.8) is 0 Å². The van der Waals surface area contributed by atoms with Crippen molar-refractivity contribution < 1.29 is 0 Å². The molecular formula is C13H22N4S. The van der Waals surface area contributed by atoms with Gasteiger partial charge in [0.2, 0.25) is 0 Å². The molecule has 2 heterocycles. The minimum atomic E-state index is 0.425. The normalized spacial score (nSPS) is 20.3. The van der Waals surface area contributed by atoms with E-state index in [4.69, 9.17) is 0 Å². The van der Waals surface area contributed by atoms with Gasteiger partial charge in [0, 0.05) is 36.7 Å². The van der Waals surface area contributed by atoms with Crippen LogP contribution >= 0.6 is 11.8 Å². The SMILES string of the molecule is CNc1ncnc(N2CCSC(C)C2)c1C(C)C. The molecule has 1 aromatic heterocycles. The molecule has 1 unspecified atom stereocenters. The zero-order chi connectivity index (χ0) is 13.1. The van der Waals surface area contributed by atoms with Crippen LogP contribution in [0.2, 0.25) is 0 Å². The first kappa shape index (κ1) is 13.5. The topological polar surface area (TPSA) is 41.1 Å². The molecule has 0 amide bonds. The molecule has 0 bridgehead atoms. The van der Waals surface area contributed by atoms with E-state index in [9.17, 15) is 0 Å². The molecule has 1 saturated heterocycles.